The molecule has 0 heterocycles. The summed E-state index contributed by atoms with van der Waals surface area (Å²) in [5, 5.41) is 3.44. The van der Waals surface area contributed by atoms with Crippen molar-refractivity contribution in [2.24, 2.45) is 0 Å². The molecule has 2 nitrogen and oxygen atoms in total. The first-order valence-electron chi connectivity index (χ1n) is 7.83. The van der Waals surface area contributed by atoms with Crippen LogP contribution < -0.4 is 10.1 Å². The predicted octanol–water partition coefficient (Wildman–Crippen LogP) is 3.88. The van der Waals surface area contributed by atoms with E-state index in [0.29, 0.717) is 6.61 Å². The molecule has 1 N–H and O–H groups in total. The molecule has 2 heteroatoms. The number of benzene rings is 2. The highest BCUT2D eigenvalue weighted by atomic mass is 16.5. The monoisotopic (exact) mass is 281 g/mol. The van der Waals surface area contributed by atoms with E-state index < -0.39 is 0 Å². The molecule has 0 saturated carbocycles. The molecule has 0 aliphatic heterocycles. The minimum Gasteiger partial charge on any atom is -0.494 e. The normalized spacial score (nSPS) is 14.8. The van der Waals surface area contributed by atoms with Crippen molar-refractivity contribution in [1.29, 1.82) is 0 Å². The summed E-state index contributed by atoms with van der Waals surface area (Å²) < 4.78 is 5.62. The van der Waals surface area contributed by atoms with Gasteiger partial charge < -0.3 is 10.1 Å². The van der Waals surface area contributed by atoms with Crippen molar-refractivity contribution >= 4 is 0 Å². The van der Waals surface area contributed by atoms with Gasteiger partial charge in [0.25, 0.3) is 0 Å². The second-order valence-electron chi connectivity index (χ2n) is 5.61. The maximum absolute atomic E-state index is 5.62. The van der Waals surface area contributed by atoms with Crippen LogP contribution in [0.4, 0.5) is 0 Å². The summed E-state index contributed by atoms with van der Waals surface area (Å²) in [7, 11) is 2.02. The van der Waals surface area contributed by atoms with Gasteiger partial charge in [-0.1, -0.05) is 30.3 Å². The number of nitrogens with one attached hydrogen (secondary N) is 1. The fourth-order valence-corrected chi connectivity index (χ4v) is 3.25. The highest BCUT2D eigenvalue weighted by Gasteiger charge is 2.16. The van der Waals surface area contributed by atoms with Crippen molar-refractivity contribution in [2.75, 3.05) is 13.7 Å². The van der Waals surface area contributed by atoms with Crippen molar-refractivity contribution in [1.82, 2.24) is 5.32 Å². The van der Waals surface area contributed by atoms with E-state index in [1.807, 2.05) is 20.0 Å². The molecule has 1 unspecified atom stereocenters. The van der Waals surface area contributed by atoms with Crippen LogP contribution in [0, 0.1) is 0 Å². The van der Waals surface area contributed by atoms with Gasteiger partial charge in [0.15, 0.2) is 0 Å². The third-order valence-corrected chi connectivity index (χ3v) is 4.25. The molecule has 1 aliphatic rings. The Morgan fingerprint density at radius 2 is 1.86 bits per heavy atom. The molecule has 0 radical (unpaired) electrons. The Balaban J connectivity index is 1.92. The molecule has 0 bridgehead atoms. The Hall–Kier alpha value is -1.80. The maximum Gasteiger partial charge on any atom is 0.119 e. The fourth-order valence-electron chi connectivity index (χ4n) is 3.25. The molecule has 3 rings (SSSR count). The van der Waals surface area contributed by atoms with E-state index >= 15 is 0 Å². The SMILES string of the molecule is CCOc1cccc(C(NC)c2ccc3c(c2)CCC3)c1. The molecule has 21 heavy (non-hydrogen) atoms. The summed E-state index contributed by atoms with van der Waals surface area (Å²) in [6, 6.07) is 15.5. The molecule has 2 aromatic carbocycles. The van der Waals surface area contributed by atoms with E-state index in [1.165, 1.54) is 41.5 Å². The van der Waals surface area contributed by atoms with Crippen LogP contribution in [0.5, 0.6) is 5.75 Å². The van der Waals surface area contributed by atoms with Crippen molar-refractivity contribution in [3.8, 4) is 5.75 Å². The summed E-state index contributed by atoms with van der Waals surface area (Å²) in [6.07, 6.45) is 3.75. The van der Waals surface area contributed by atoms with Crippen LogP contribution in [-0.2, 0) is 12.8 Å². The molecule has 0 spiro atoms. The summed E-state index contributed by atoms with van der Waals surface area (Å²) in [6.45, 7) is 2.72. The van der Waals surface area contributed by atoms with Gasteiger partial charge in [0.05, 0.1) is 12.6 Å². The van der Waals surface area contributed by atoms with E-state index in [-0.39, 0.29) is 6.04 Å². The highest BCUT2D eigenvalue weighted by Crippen LogP contribution is 2.29. The summed E-state index contributed by atoms with van der Waals surface area (Å²) in [4.78, 5) is 0. The van der Waals surface area contributed by atoms with E-state index in [2.05, 4.69) is 41.7 Å². The number of hydrogen-bond acceptors (Lipinski definition) is 2. The lowest BCUT2D eigenvalue weighted by Crippen LogP contribution is -2.18. The molecule has 0 aromatic heterocycles. The van der Waals surface area contributed by atoms with Crippen LogP contribution in [0.2, 0.25) is 0 Å². The molecular formula is C19H23NO. The zero-order valence-corrected chi connectivity index (χ0v) is 12.9. The van der Waals surface area contributed by atoms with Crippen molar-refractivity contribution in [2.45, 2.75) is 32.2 Å². The van der Waals surface area contributed by atoms with Crippen LogP contribution in [0.3, 0.4) is 0 Å². The van der Waals surface area contributed by atoms with Crippen molar-refractivity contribution in [3.05, 3.63) is 64.7 Å². The van der Waals surface area contributed by atoms with Crippen LogP contribution in [0.1, 0.15) is 41.6 Å². The van der Waals surface area contributed by atoms with Gasteiger partial charge in [-0.15, -0.1) is 0 Å². The zero-order chi connectivity index (χ0) is 14.7. The first-order valence-corrected chi connectivity index (χ1v) is 7.83. The first-order chi connectivity index (χ1) is 10.3. The van der Waals surface area contributed by atoms with Gasteiger partial charge in [0.1, 0.15) is 5.75 Å². The fraction of sp³-hybridized carbons (Fsp3) is 0.368. The van der Waals surface area contributed by atoms with Crippen molar-refractivity contribution in [3.63, 3.8) is 0 Å². The standard InChI is InChI=1S/C19H23NO/c1-3-21-18-9-5-8-16(13-18)19(20-2)17-11-10-14-6-4-7-15(14)12-17/h5,8-13,19-20H,3-4,6-7H2,1-2H3. The Morgan fingerprint density at radius 3 is 2.67 bits per heavy atom. The third-order valence-electron chi connectivity index (χ3n) is 4.25. The van der Waals surface area contributed by atoms with Gasteiger partial charge in [-0.2, -0.15) is 0 Å². The minimum atomic E-state index is 0.219. The molecular weight excluding hydrogens is 258 g/mol. The molecule has 0 amide bonds. The van der Waals surface area contributed by atoms with Crippen LogP contribution in [0.25, 0.3) is 0 Å². The number of hydrogen-bond donors (Lipinski definition) is 1. The molecule has 0 fully saturated rings. The van der Waals surface area contributed by atoms with E-state index in [1.54, 1.807) is 0 Å². The summed E-state index contributed by atoms with van der Waals surface area (Å²) >= 11 is 0. The second kappa shape index (κ2) is 6.31. The number of aryl methyl sites for hydroxylation is 2. The van der Waals surface area contributed by atoms with Gasteiger partial charge in [0.2, 0.25) is 0 Å². The summed E-state index contributed by atoms with van der Waals surface area (Å²) in [5.74, 6) is 0.941. The van der Waals surface area contributed by atoms with Gasteiger partial charge in [0, 0.05) is 0 Å². The topological polar surface area (TPSA) is 21.3 Å². The predicted molar refractivity (Wildman–Crippen MR) is 87.0 cm³/mol. The highest BCUT2D eigenvalue weighted by molar-refractivity contribution is 5.41. The van der Waals surface area contributed by atoms with Gasteiger partial charge in [-0.3, -0.25) is 0 Å². The zero-order valence-electron chi connectivity index (χ0n) is 12.9. The third kappa shape index (κ3) is 2.96. The van der Waals surface area contributed by atoms with E-state index in [0.717, 1.165) is 5.75 Å². The van der Waals surface area contributed by atoms with Crippen molar-refractivity contribution < 1.29 is 4.74 Å². The average molecular weight is 281 g/mol. The van der Waals surface area contributed by atoms with Crippen LogP contribution >= 0.6 is 0 Å². The van der Waals surface area contributed by atoms with E-state index in [4.69, 9.17) is 4.74 Å². The Kier molecular flexibility index (Phi) is 4.26. The quantitative estimate of drug-likeness (QED) is 0.898. The molecule has 110 valence electrons. The van der Waals surface area contributed by atoms with E-state index in [9.17, 15) is 0 Å². The number of fused-ring (bicyclic) bond motifs is 1. The minimum absolute atomic E-state index is 0.219. The Labute approximate surface area is 127 Å². The summed E-state index contributed by atoms with van der Waals surface area (Å²) in [5.41, 5.74) is 5.64. The maximum atomic E-state index is 5.62. The lowest BCUT2D eigenvalue weighted by Gasteiger charge is -2.19. The number of ether oxygens (including phenoxy) is 1. The average Bonchev–Trinajstić information content (AvgIpc) is 2.96. The van der Waals surface area contributed by atoms with Gasteiger partial charge in [-0.05, 0) is 67.6 Å². The second-order valence-corrected chi connectivity index (χ2v) is 5.61. The molecule has 0 saturated heterocycles. The largest absolute Gasteiger partial charge is 0.494 e. The molecule has 1 atom stereocenters. The lowest BCUT2D eigenvalue weighted by atomic mass is 9.95. The van der Waals surface area contributed by atoms with Crippen LogP contribution in [-0.4, -0.2) is 13.7 Å². The molecule has 2 aromatic rings. The smallest absolute Gasteiger partial charge is 0.119 e. The van der Waals surface area contributed by atoms with Crippen LogP contribution in [0.15, 0.2) is 42.5 Å². The van der Waals surface area contributed by atoms with Gasteiger partial charge in [-0.25, -0.2) is 0 Å². The van der Waals surface area contributed by atoms with Gasteiger partial charge >= 0.3 is 0 Å². The Bertz CT molecular complexity index is 621. The number of rotatable bonds is 5. The lowest BCUT2D eigenvalue weighted by molar-refractivity contribution is 0.339. The Morgan fingerprint density at radius 1 is 1.05 bits per heavy atom. The first kappa shape index (κ1) is 14.2. The molecule has 1 aliphatic carbocycles.